The van der Waals surface area contributed by atoms with Crippen LogP contribution in [0.2, 0.25) is 0 Å². The van der Waals surface area contributed by atoms with Crippen molar-refractivity contribution in [2.75, 3.05) is 13.1 Å². The lowest BCUT2D eigenvalue weighted by molar-refractivity contribution is -0.137. The smallest absolute Gasteiger partial charge is 0.325 e. The number of rotatable bonds is 5. The molecule has 1 atom stereocenters. The van der Waals surface area contributed by atoms with Crippen molar-refractivity contribution in [1.29, 1.82) is 0 Å². The summed E-state index contributed by atoms with van der Waals surface area (Å²) in [5, 5.41) is 17.6. The van der Waals surface area contributed by atoms with Crippen LogP contribution >= 0.6 is 0 Å². The van der Waals surface area contributed by atoms with Gasteiger partial charge in [-0.3, -0.25) is 19.1 Å². The molecule has 0 aromatic carbocycles. The second-order valence-corrected chi connectivity index (χ2v) is 6.29. The normalized spacial score (nSPS) is 19.1. The molecule has 124 valence electrons. The molecular formula is C16H23N5O2. The van der Waals surface area contributed by atoms with Crippen LogP contribution in [0, 0.1) is 6.92 Å². The van der Waals surface area contributed by atoms with Gasteiger partial charge in [-0.25, -0.2) is 0 Å². The van der Waals surface area contributed by atoms with Crippen LogP contribution in [0.15, 0.2) is 18.5 Å². The summed E-state index contributed by atoms with van der Waals surface area (Å²) in [4.78, 5) is 13.2. The third kappa shape index (κ3) is 3.61. The number of hydrogen-bond donors (Lipinski definition) is 1. The molecule has 7 heteroatoms. The van der Waals surface area contributed by atoms with Crippen LogP contribution in [0.1, 0.15) is 35.7 Å². The van der Waals surface area contributed by atoms with Crippen LogP contribution in [-0.2, 0) is 24.9 Å². The van der Waals surface area contributed by atoms with Gasteiger partial charge in [-0.15, -0.1) is 0 Å². The molecule has 2 aromatic heterocycles. The number of carboxylic acid groups (broad SMARTS) is 1. The fourth-order valence-electron chi connectivity index (χ4n) is 3.20. The van der Waals surface area contributed by atoms with Gasteiger partial charge in [0.25, 0.3) is 0 Å². The molecule has 1 aliphatic heterocycles. The van der Waals surface area contributed by atoms with Crippen molar-refractivity contribution in [3.63, 3.8) is 0 Å². The Morgan fingerprint density at radius 2 is 2.30 bits per heavy atom. The topological polar surface area (TPSA) is 76.2 Å². The molecule has 0 spiro atoms. The highest BCUT2D eigenvalue weighted by Crippen LogP contribution is 2.27. The minimum Gasteiger partial charge on any atom is -0.480 e. The average molecular weight is 317 g/mol. The number of nitrogens with zero attached hydrogens (tertiary/aromatic N) is 5. The molecule has 1 aliphatic rings. The highest BCUT2D eigenvalue weighted by Gasteiger charge is 2.24. The number of piperidine rings is 1. The van der Waals surface area contributed by atoms with Crippen LogP contribution in [-0.4, -0.2) is 48.6 Å². The maximum atomic E-state index is 10.8. The van der Waals surface area contributed by atoms with Crippen molar-refractivity contribution in [3.8, 4) is 0 Å². The lowest BCUT2D eigenvalue weighted by Gasteiger charge is -2.31. The molecule has 0 aliphatic carbocycles. The summed E-state index contributed by atoms with van der Waals surface area (Å²) in [6.45, 7) is 4.97. The predicted molar refractivity (Wildman–Crippen MR) is 85.1 cm³/mol. The lowest BCUT2D eigenvalue weighted by Crippen LogP contribution is -2.34. The molecular weight excluding hydrogens is 294 g/mol. The van der Waals surface area contributed by atoms with Crippen molar-refractivity contribution in [2.45, 2.75) is 38.8 Å². The van der Waals surface area contributed by atoms with E-state index in [9.17, 15) is 4.79 Å². The summed E-state index contributed by atoms with van der Waals surface area (Å²) in [6, 6.07) is 1.95. The number of aliphatic carboxylic acids is 1. The number of carbonyl (C=O) groups is 1. The number of aryl methyl sites for hydroxylation is 1. The van der Waals surface area contributed by atoms with E-state index in [1.165, 1.54) is 15.9 Å². The van der Waals surface area contributed by atoms with Crippen molar-refractivity contribution in [1.82, 2.24) is 24.5 Å². The summed E-state index contributed by atoms with van der Waals surface area (Å²) in [5.74, 6) is -0.493. The fourth-order valence-corrected chi connectivity index (χ4v) is 3.20. The minimum atomic E-state index is -0.864. The van der Waals surface area contributed by atoms with E-state index in [1.54, 1.807) is 6.20 Å². The maximum absolute atomic E-state index is 10.8. The van der Waals surface area contributed by atoms with Crippen molar-refractivity contribution >= 4 is 5.97 Å². The van der Waals surface area contributed by atoms with E-state index in [0.29, 0.717) is 5.92 Å². The Morgan fingerprint density at radius 3 is 3.00 bits per heavy atom. The molecule has 1 N–H and O–H groups in total. The number of likely N-dealkylation sites (tertiary alicyclic amines) is 1. The minimum absolute atomic E-state index is 0.0781. The SMILES string of the molecule is Cc1c(CN2CCCC(c3ccn(CC(=O)O)n3)C2)cnn1C. The first kappa shape index (κ1) is 15.7. The molecule has 2 aromatic rings. The van der Waals surface area contributed by atoms with Crippen LogP contribution < -0.4 is 0 Å². The Hall–Kier alpha value is -2.15. The van der Waals surface area contributed by atoms with Crippen LogP contribution in [0.25, 0.3) is 0 Å². The van der Waals surface area contributed by atoms with Gasteiger partial charge in [0.2, 0.25) is 0 Å². The van der Waals surface area contributed by atoms with E-state index in [2.05, 4.69) is 22.0 Å². The van der Waals surface area contributed by atoms with Gasteiger partial charge in [0.05, 0.1) is 11.9 Å². The average Bonchev–Trinajstić information content (AvgIpc) is 3.09. The Kier molecular flexibility index (Phi) is 4.47. The number of hydrogen-bond acceptors (Lipinski definition) is 4. The molecule has 23 heavy (non-hydrogen) atoms. The summed E-state index contributed by atoms with van der Waals surface area (Å²) in [5.41, 5.74) is 3.47. The van der Waals surface area contributed by atoms with E-state index >= 15 is 0 Å². The third-order valence-corrected chi connectivity index (χ3v) is 4.61. The summed E-state index contributed by atoms with van der Waals surface area (Å²) in [7, 11) is 1.97. The Balaban J connectivity index is 1.65. The van der Waals surface area contributed by atoms with Crippen molar-refractivity contribution in [3.05, 3.63) is 35.4 Å². The van der Waals surface area contributed by atoms with Gasteiger partial charge in [0.15, 0.2) is 0 Å². The second kappa shape index (κ2) is 6.54. The van der Waals surface area contributed by atoms with Crippen molar-refractivity contribution < 1.29 is 9.90 Å². The molecule has 0 saturated carbocycles. The molecule has 1 fully saturated rings. The third-order valence-electron chi connectivity index (χ3n) is 4.61. The zero-order valence-corrected chi connectivity index (χ0v) is 13.6. The Bertz CT molecular complexity index is 690. The van der Waals surface area contributed by atoms with Gasteiger partial charge in [-0.2, -0.15) is 10.2 Å². The van der Waals surface area contributed by atoms with E-state index in [-0.39, 0.29) is 6.54 Å². The summed E-state index contributed by atoms with van der Waals surface area (Å²) in [6.07, 6.45) is 5.94. The molecule has 3 rings (SSSR count). The van der Waals surface area contributed by atoms with E-state index in [1.807, 2.05) is 24.0 Å². The van der Waals surface area contributed by atoms with Gasteiger partial charge in [-0.1, -0.05) is 0 Å². The van der Waals surface area contributed by atoms with Crippen LogP contribution in [0.5, 0.6) is 0 Å². The van der Waals surface area contributed by atoms with E-state index < -0.39 is 5.97 Å². The number of carboxylic acids is 1. The quantitative estimate of drug-likeness (QED) is 0.902. The number of aromatic nitrogens is 4. The Labute approximate surface area is 135 Å². The molecule has 1 unspecified atom stereocenters. The van der Waals surface area contributed by atoms with Gasteiger partial charge < -0.3 is 5.11 Å². The summed E-state index contributed by atoms with van der Waals surface area (Å²) >= 11 is 0. The second-order valence-electron chi connectivity index (χ2n) is 6.29. The van der Waals surface area contributed by atoms with Gasteiger partial charge in [0, 0.05) is 43.5 Å². The van der Waals surface area contributed by atoms with Gasteiger partial charge in [-0.05, 0) is 32.4 Å². The monoisotopic (exact) mass is 317 g/mol. The largest absolute Gasteiger partial charge is 0.480 e. The first-order valence-electron chi connectivity index (χ1n) is 7.98. The highest BCUT2D eigenvalue weighted by molar-refractivity contribution is 5.66. The zero-order valence-electron chi connectivity index (χ0n) is 13.6. The zero-order chi connectivity index (χ0) is 16.4. The fraction of sp³-hybridized carbons (Fsp3) is 0.562. The van der Waals surface area contributed by atoms with Crippen molar-refractivity contribution in [2.24, 2.45) is 7.05 Å². The highest BCUT2D eigenvalue weighted by atomic mass is 16.4. The Morgan fingerprint density at radius 1 is 1.48 bits per heavy atom. The molecule has 0 radical (unpaired) electrons. The predicted octanol–water partition coefficient (Wildman–Crippen LogP) is 1.39. The van der Waals surface area contributed by atoms with Gasteiger partial charge in [0.1, 0.15) is 6.54 Å². The molecule has 1 saturated heterocycles. The lowest BCUT2D eigenvalue weighted by atomic mass is 9.94. The first-order chi connectivity index (χ1) is 11.0. The molecule has 0 bridgehead atoms. The van der Waals surface area contributed by atoms with E-state index in [4.69, 9.17) is 5.11 Å². The molecule has 3 heterocycles. The maximum Gasteiger partial charge on any atom is 0.325 e. The first-order valence-corrected chi connectivity index (χ1v) is 7.98. The summed E-state index contributed by atoms with van der Waals surface area (Å²) < 4.78 is 3.41. The molecule has 0 amide bonds. The molecule has 7 nitrogen and oxygen atoms in total. The van der Waals surface area contributed by atoms with Crippen LogP contribution in [0.4, 0.5) is 0 Å². The van der Waals surface area contributed by atoms with Crippen LogP contribution in [0.3, 0.4) is 0 Å². The standard InChI is InChI=1S/C16H23N5O2/c1-12-14(8-17-19(12)2)10-20-6-3-4-13(9-20)15-5-7-21(18-15)11-16(22)23/h5,7-8,13H,3-4,6,9-11H2,1-2H3,(H,22,23). The van der Waals surface area contributed by atoms with E-state index in [0.717, 1.165) is 38.2 Å². The van der Waals surface area contributed by atoms with Gasteiger partial charge >= 0.3 is 5.97 Å².